The van der Waals surface area contributed by atoms with E-state index in [1.807, 2.05) is 0 Å². The monoisotopic (exact) mass is 344 g/mol. The summed E-state index contributed by atoms with van der Waals surface area (Å²) in [6, 6.07) is 11.5. The molecule has 6 nitrogen and oxygen atoms in total. The van der Waals surface area contributed by atoms with Gasteiger partial charge in [0.15, 0.2) is 0 Å². The van der Waals surface area contributed by atoms with Crippen LogP contribution in [0.25, 0.3) is 16.6 Å². The lowest BCUT2D eigenvalue weighted by Crippen LogP contribution is -2.09. The number of pyridine rings is 1. The summed E-state index contributed by atoms with van der Waals surface area (Å²) in [4.78, 5) is 23.7. The molecule has 0 radical (unpaired) electrons. The molecule has 0 aliphatic rings. The predicted molar refractivity (Wildman–Crippen MR) is 90.5 cm³/mol. The number of fused-ring (bicyclic) bond motifs is 1. The molecule has 24 heavy (non-hydrogen) atoms. The Balaban J connectivity index is 2.41. The fourth-order valence-electron chi connectivity index (χ4n) is 2.67. The quantitative estimate of drug-likeness (QED) is 0.401. The van der Waals surface area contributed by atoms with E-state index < -0.39 is 10.9 Å². The van der Waals surface area contributed by atoms with Crippen molar-refractivity contribution < 1.29 is 14.5 Å². The number of rotatable bonds is 4. The summed E-state index contributed by atoms with van der Waals surface area (Å²) in [7, 11) is 0. The van der Waals surface area contributed by atoms with Crippen molar-refractivity contribution in [3.8, 4) is 11.1 Å². The van der Waals surface area contributed by atoms with Crippen molar-refractivity contribution in [1.29, 1.82) is 0 Å². The number of esters is 1. The van der Waals surface area contributed by atoms with Crippen LogP contribution in [0.5, 0.6) is 0 Å². The lowest BCUT2D eigenvalue weighted by atomic mass is 10.0. The van der Waals surface area contributed by atoms with Crippen molar-refractivity contribution in [2.45, 2.75) is 6.92 Å². The Morgan fingerprint density at radius 3 is 2.58 bits per heavy atom. The summed E-state index contributed by atoms with van der Waals surface area (Å²) in [5.41, 5.74) is 1.07. The number of nitrogens with zero attached hydrogens (tertiary/aromatic N) is 2. The number of aromatic nitrogens is 1. The molecule has 0 aliphatic heterocycles. The Morgan fingerprint density at radius 2 is 1.96 bits per heavy atom. The van der Waals surface area contributed by atoms with E-state index in [-0.39, 0.29) is 23.6 Å². The average Bonchev–Trinajstić information content (AvgIpc) is 2.91. The fraction of sp³-hybridized carbons (Fsp3) is 0.118. The van der Waals surface area contributed by atoms with Crippen molar-refractivity contribution in [3.05, 3.63) is 69.5 Å². The molecule has 2 aromatic heterocycles. The Hall–Kier alpha value is -2.86. The standard InChI is InChI=1S/C17H13ClN2O4/c1-2-24-17(21)16-14(11-6-8-12(18)9-7-11)15(20(22)23)13-5-3-4-10-19(13)16/h3-10H,2H2,1H3. The van der Waals surface area contributed by atoms with Gasteiger partial charge in [-0.05, 0) is 36.8 Å². The van der Waals surface area contributed by atoms with Gasteiger partial charge < -0.3 is 9.14 Å². The van der Waals surface area contributed by atoms with Crippen LogP contribution in [0.1, 0.15) is 17.4 Å². The van der Waals surface area contributed by atoms with Gasteiger partial charge in [-0.15, -0.1) is 0 Å². The maximum absolute atomic E-state index is 12.5. The molecule has 0 aliphatic carbocycles. The molecule has 7 heteroatoms. The van der Waals surface area contributed by atoms with E-state index in [2.05, 4.69) is 0 Å². The molecule has 0 unspecified atom stereocenters. The topological polar surface area (TPSA) is 73.8 Å². The van der Waals surface area contributed by atoms with E-state index in [0.29, 0.717) is 16.1 Å². The van der Waals surface area contributed by atoms with Crippen LogP contribution in [-0.4, -0.2) is 21.9 Å². The zero-order valence-electron chi connectivity index (χ0n) is 12.7. The van der Waals surface area contributed by atoms with Gasteiger partial charge in [0.05, 0.1) is 17.1 Å². The SMILES string of the molecule is CCOC(=O)c1c(-c2ccc(Cl)cc2)c([N+](=O)[O-])c2ccccn12. The first-order chi connectivity index (χ1) is 11.5. The van der Waals surface area contributed by atoms with Gasteiger partial charge in [-0.2, -0.15) is 0 Å². The Labute approximate surface area is 142 Å². The van der Waals surface area contributed by atoms with Crippen LogP contribution < -0.4 is 0 Å². The largest absolute Gasteiger partial charge is 0.461 e. The van der Waals surface area contributed by atoms with Gasteiger partial charge in [0.2, 0.25) is 0 Å². The molecule has 0 fully saturated rings. The zero-order chi connectivity index (χ0) is 17.3. The lowest BCUT2D eigenvalue weighted by Gasteiger charge is -2.05. The fourth-order valence-corrected chi connectivity index (χ4v) is 2.79. The summed E-state index contributed by atoms with van der Waals surface area (Å²) in [5.74, 6) is -0.614. The molecule has 0 atom stereocenters. The van der Waals surface area contributed by atoms with Crippen LogP contribution in [0.15, 0.2) is 48.7 Å². The zero-order valence-corrected chi connectivity index (χ0v) is 13.5. The van der Waals surface area contributed by atoms with Gasteiger partial charge in [0.1, 0.15) is 11.2 Å². The molecule has 1 aromatic carbocycles. The smallest absolute Gasteiger partial charge is 0.356 e. The first-order valence-electron chi connectivity index (χ1n) is 7.25. The molecule has 3 rings (SSSR count). The number of benzene rings is 1. The van der Waals surface area contributed by atoms with E-state index in [1.165, 1.54) is 4.40 Å². The highest BCUT2D eigenvalue weighted by molar-refractivity contribution is 6.30. The van der Waals surface area contributed by atoms with E-state index in [0.717, 1.165) is 0 Å². The summed E-state index contributed by atoms with van der Waals surface area (Å²) in [6.45, 7) is 1.86. The highest BCUT2D eigenvalue weighted by atomic mass is 35.5. The summed E-state index contributed by atoms with van der Waals surface area (Å²) < 4.78 is 6.59. The van der Waals surface area contributed by atoms with Gasteiger partial charge >= 0.3 is 11.7 Å². The second kappa shape index (κ2) is 6.33. The van der Waals surface area contributed by atoms with Crippen LogP contribution in [0.2, 0.25) is 5.02 Å². The maximum Gasteiger partial charge on any atom is 0.356 e. The molecular formula is C17H13ClN2O4. The normalized spacial score (nSPS) is 10.8. The molecule has 3 aromatic rings. The summed E-state index contributed by atoms with van der Waals surface area (Å²) in [6.07, 6.45) is 1.61. The number of ether oxygens (including phenoxy) is 1. The Morgan fingerprint density at radius 1 is 1.25 bits per heavy atom. The molecule has 0 saturated heterocycles. The number of hydrogen-bond donors (Lipinski definition) is 0. The minimum Gasteiger partial charge on any atom is -0.461 e. The second-order valence-electron chi connectivity index (χ2n) is 5.01. The highest BCUT2D eigenvalue weighted by Crippen LogP contribution is 2.39. The minimum atomic E-state index is -0.614. The molecule has 122 valence electrons. The first kappa shape index (κ1) is 16.0. The number of nitro groups is 1. The average molecular weight is 345 g/mol. The molecule has 0 amide bonds. The lowest BCUT2D eigenvalue weighted by molar-refractivity contribution is -0.382. The third kappa shape index (κ3) is 2.61. The molecule has 0 N–H and O–H groups in total. The third-order valence-corrected chi connectivity index (χ3v) is 3.85. The predicted octanol–water partition coefficient (Wildman–Crippen LogP) is 4.34. The first-order valence-corrected chi connectivity index (χ1v) is 7.63. The van der Waals surface area contributed by atoms with Crippen molar-refractivity contribution in [2.75, 3.05) is 6.61 Å². The highest BCUT2D eigenvalue weighted by Gasteiger charge is 2.31. The Kier molecular flexibility index (Phi) is 4.22. The minimum absolute atomic E-state index is 0.126. The van der Waals surface area contributed by atoms with Crippen molar-refractivity contribution in [3.63, 3.8) is 0 Å². The van der Waals surface area contributed by atoms with Crippen LogP contribution in [-0.2, 0) is 4.74 Å². The third-order valence-electron chi connectivity index (χ3n) is 3.60. The van der Waals surface area contributed by atoms with E-state index in [4.69, 9.17) is 16.3 Å². The van der Waals surface area contributed by atoms with Gasteiger partial charge in [0, 0.05) is 11.2 Å². The van der Waals surface area contributed by atoms with Crippen LogP contribution in [0, 0.1) is 10.1 Å². The van der Waals surface area contributed by atoms with Crippen molar-refractivity contribution in [1.82, 2.24) is 4.40 Å². The second-order valence-corrected chi connectivity index (χ2v) is 5.45. The van der Waals surface area contributed by atoms with Gasteiger partial charge in [-0.1, -0.05) is 29.8 Å². The number of carbonyl (C=O) groups is 1. The Bertz CT molecular complexity index is 932. The molecule has 0 bridgehead atoms. The molecule has 0 spiro atoms. The van der Waals surface area contributed by atoms with Gasteiger partial charge in [0.25, 0.3) is 0 Å². The molecular weight excluding hydrogens is 332 g/mol. The van der Waals surface area contributed by atoms with Gasteiger partial charge in [-0.25, -0.2) is 4.79 Å². The van der Waals surface area contributed by atoms with Crippen LogP contribution in [0.4, 0.5) is 5.69 Å². The van der Waals surface area contributed by atoms with Crippen molar-refractivity contribution in [2.24, 2.45) is 0 Å². The van der Waals surface area contributed by atoms with E-state index in [1.54, 1.807) is 55.6 Å². The maximum atomic E-state index is 12.5. The van der Waals surface area contributed by atoms with Crippen molar-refractivity contribution >= 4 is 28.8 Å². The van der Waals surface area contributed by atoms with Gasteiger partial charge in [-0.3, -0.25) is 10.1 Å². The molecule has 0 saturated carbocycles. The summed E-state index contributed by atoms with van der Waals surface area (Å²) >= 11 is 5.90. The van der Waals surface area contributed by atoms with E-state index >= 15 is 0 Å². The number of halogens is 1. The van der Waals surface area contributed by atoms with Crippen LogP contribution in [0.3, 0.4) is 0 Å². The number of carbonyl (C=O) groups excluding carboxylic acids is 1. The number of hydrogen-bond acceptors (Lipinski definition) is 4. The summed E-state index contributed by atoms with van der Waals surface area (Å²) in [5, 5.41) is 12.2. The molecule has 2 heterocycles. The van der Waals surface area contributed by atoms with Crippen LogP contribution >= 0.6 is 11.6 Å². The van der Waals surface area contributed by atoms with E-state index in [9.17, 15) is 14.9 Å².